The van der Waals surface area contributed by atoms with E-state index in [4.69, 9.17) is 23.4 Å². The topological polar surface area (TPSA) is 74.2 Å². The van der Waals surface area contributed by atoms with Gasteiger partial charge in [0.15, 0.2) is 16.6 Å². The van der Waals surface area contributed by atoms with Crippen molar-refractivity contribution in [1.29, 1.82) is 0 Å². The van der Waals surface area contributed by atoms with Crippen LogP contribution in [0.5, 0.6) is 0 Å². The van der Waals surface area contributed by atoms with Gasteiger partial charge in [0.2, 0.25) is 0 Å². The molecule has 0 aromatic rings. The Labute approximate surface area is 206 Å². The van der Waals surface area contributed by atoms with Gasteiger partial charge in [-0.1, -0.05) is 54.7 Å². The molecule has 0 fully saturated rings. The predicted octanol–water partition coefficient (Wildman–Crippen LogP) is 7.07. The molecule has 0 rings (SSSR count). The van der Waals surface area contributed by atoms with Gasteiger partial charge in [-0.3, -0.25) is 0 Å². The molecule has 8 heteroatoms. The molecule has 0 aliphatic rings. The van der Waals surface area contributed by atoms with Crippen LogP contribution in [0.15, 0.2) is 24.3 Å². The fourth-order valence-electron chi connectivity index (χ4n) is 1.53. The van der Waals surface area contributed by atoms with Crippen molar-refractivity contribution >= 4 is 22.8 Å². The lowest BCUT2D eigenvalue weighted by molar-refractivity contribution is -0.00402. The largest absolute Gasteiger partial charge is 0.509 e. The molecule has 0 aromatic carbocycles. The zero-order chi connectivity index (χ0) is 26.9. The summed E-state index contributed by atoms with van der Waals surface area (Å²) >= 11 is 0. The zero-order valence-corrected chi connectivity index (χ0v) is 25.7. The van der Waals surface area contributed by atoms with Gasteiger partial charge in [-0.25, -0.2) is 4.79 Å². The fourth-order valence-corrected chi connectivity index (χ4v) is 3.52. The maximum Gasteiger partial charge on any atom is 0.509 e. The molecule has 0 unspecified atom stereocenters. The first-order valence-corrected chi connectivity index (χ1v) is 17.3. The average molecular weight is 505 g/mol. The minimum absolute atomic E-state index is 0.0224. The van der Waals surface area contributed by atoms with E-state index >= 15 is 0 Å². The molecule has 196 valence electrons. The Balaban J connectivity index is 0. The van der Waals surface area contributed by atoms with E-state index in [0.29, 0.717) is 13.2 Å². The maximum atomic E-state index is 11.4. The normalized spacial score (nSPS) is 13.0. The van der Waals surface area contributed by atoms with Gasteiger partial charge in [0, 0.05) is 0 Å². The summed E-state index contributed by atoms with van der Waals surface area (Å²) in [6, 6.07) is 0. The van der Waals surface area contributed by atoms with E-state index in [-0.39, 0.29) is 23.3 Å². The first kappa shape index (κ1) is 34.2. The first-order chi connectivity index (χ1) is 14.4. The van der Waals surface area contributed by atoms with Crippen LogP contribution in [0.25, 0.3) is 0 Å². The van der Waals surface area contributed by atoms with Gasteiger partial charge in [-0.15, -0.1) is 0 Å². The molecule has 0 aliphatic carbocycles. The number of aliphatic hydroxyl groups is 1. The summed E-state index contributed by atoms with van der Waals surface area (Å²) in [5.74, 6) is 0. The van der Waals surface area contributed by atoms with Crippen LogP contribution in [-0.4, -0.2) is 59.9 Å². The van der Waals surface area contributed by atoms with E-state index in [2.05, 4.69) is 80.9 Å². The van der Waals surface area contributed by atoms with Crippen LogP contribution in [0.2, 0.25) is 36.3 Å². The number of hydrogen-bond acceptors (Lipinski definition) is 6. The molecule has 0 spiro atoms. The lowest BCUT2D eigenvalue weighted by Gasteiger charge is -2.36. The molecule has 0 heterocycles. The van der Waals surface area contributed by atoms with Crippen molar-refractivity contribution in [3.63, 3.8) is 0 Å². The molecule has 0 aromatic heterocycles. The predicted molar refractivity (Wildman–Crippen MR) is 144 cm³/mol. The van der Waals surface area contributed by atoms with E-state index in [1.807, 2.05) is 0 Å². The lowest BCUT2D eigenvalue weighted by Crippen LogP contribution is -2.41. The van der Waals surface area contributed by atoms with Crippen molar-refractivity contribution in [2.45, 2.75) is 104 Å². The Morgan fingerprint density at radius 3 is 1.39 bits per heavy atom. The van der Waals surface area contributed by atoms with Crippen molar-refractivity contribution in [2.75, 3.05) is 26.4 Å². The molecule has 6 nitrogen and oxygen atoms in total. The van der Waals surface area contributed by atoms with Crippen LogP contribution in [0.1, 0.15) is 62.3 Å². The number of aliphatic hydroxyl groups excluding tert-OH is 1. The second-order valence-electron chi connectivity index (χ2n) is 12.5. The van der Waals surface area contributed by atoms with Crippen LogP contribution >= 0.6 is 0 Å². The summed E-state index contributed by atoms with van der Waals surface area (Å²) in [6.45, 7) is 35.9. The first-order valence-electron chi connectivity index (χ1n) is 11.5. The molecular formula is C25H52O6Si2. The molecular weight excluding hydrogens is 452 g/mol. The van der Waals surface area contributed by atoms with Gasteiger partial charge in [0.25, 0.3) is 0 Å². The van der Waals surface area contributed by atoms with Gasteiger partial charge in [-0.05, 0) is 68.2 Å². The number of carbonyl (C=O) groups excluding carboxylic acids is 1. The summed E-state index contributed by atoms with van der Waals surface area (Å²) < 4.78 is 21.9. The smallest absolute Gasteiger partial charge is 0.430 e. The Hall–Kier alpha value is -0.936. The summed E-state index contributed by atoms with van der Waals surface area (Å²) in [5.41, 5.74) is 0.946. The van der Waals surface area contributed by atoms with Crippen LogP contribution < -0.4 is 0 Å². The van der Waals surface area contributed by atoms with Gasteiger partial charge in [0.1, 0.15) is 12.2 Å². The summed E-state index contributed by atoms with van der Waals surface area (Å²) in [7, 11) is -3.45. The van der Waals surface area contributed by atoms with Gasteiger partial charge < -0.3 is 23.4 Å². The standard InChI is InChI=1S/C15H30O4Si.C10H22O2Si/c1-12(10-17-13(16)19-14(2,3)4)11-18-20(8,9)15(5,6)7;1-9(7-11)8-12-13(5,6)10(2,3)4/h1,10-11H2,2-9H3;11H,1,7-8H2,2-6H3. The Morgan fingerprint density at radius 1 is 0.727 bits per heavy atom. The average Bonchev–Trinajstić information content (AvgIpc) is 2.60. The van der Waals surface area contributed by atoms with E-state index in [9.17, 15) is 4.79 Å². The third-order valence-electron chi connectivity index (χ3n) is 5.89. The highest BCUT2D eigenvalue weighted by Gasteiger charge is 2.37. The molecule has 0 atom stereocenters. The molecule has 1 N–H and O–H groups in total. The Bertz CT molecular complexity index is 635. The quantitative estimate of drug-likeness (QED) is 0.205. The molecule has 0 radical (unpaired) electrons. The lowest BCUT2D eigenvalue weighted by atomic mass is 10.2. The van der Waals surface area contributed by atoms with Gasteiger partial charge in [-0.2, -0.15) is 0 Å². The summed E-state index contributed by atoms with van der Waals surface area (Å²) in [5, 5.41) is 9.15. The zero-order valence-electron chi connectivity index (χ0n) is 23.7. The third-order valence-corrected chi connectivity index (χ3v) is 14.9. The monoisotopic (exact) mass is 504 g/mol. The van der Waals surface area contributed by atoms with Crippen LogP contribution in [0.4, 0.5) is 4.79 Å². The fraction of sp³-hybridized carbons (Fsp3) is 0.800. The van der Waals surface area contributed by atoms with Crippen molar-refractivity contribution < 1.29 is 28.2 Å². The summed E-state index contributed by atoms with van der Waals surface area (Å²) in [6.07, 6.45) is -0.675. The van der Waals surface area contributed by atoms with E-state index in [1.54, 1.807) is 20.8 Å². The third kappa shape index (κ3) is 15.6. The highest BCUT2D eigenvalue weighted by molar-refractivity contribution is 6.74. The molecule has 0 bridgehead atoms. The Morgan fingerprint density at radius 2 is 1.09 bits per heavy atom. The Kier molecular flexibility index (Phi) is 13.7. The minimum atomic E-state index is -1.79. The molecule has 0 saturated heterocycles. The molecule has 0 aliphatic heterocycles. The van der Waals surface area contributed by atoms with E-state index in [0.717, 1.165) is 11.1 Å². The number of ether oxygens (including phenoxy) is 2. The van der Waals surface area contributed by atoms with Crippen molar-refractivity contribution in [3.8, 4) is 0 Å². The van der Waals surface area contributed by atoms with Gasteiger partial charge in [0.05, 0.1) is 19.8 Å². The SMILES string of the molecule is C=C(CO)CO[Si](C)(C)C(C)(C)C.C=C(COC(=O)OC(C)(C)C)CO[Si](C)(C)C(C)(C)C. The second kappa shape index (κ2) is 13.2. The molecule has 0 saturated carbocycles. The number of hydrogen-bond donors (Lipinski definition) is 1. The number of carbonyl (C=O) groups is 1. The molecule has 0 amide bonds. The van der Waals surface area contributed by atoms with Gasteiger partial charge >= 0.3 is 6.16 Å². The highest BCUT2D eigenvalue weighted by atomic mass is 28.4. The maximum absolute atomic E-state index is 11.4. The molecule has 33 heavy (non-hydrogen) atoms. The van der Waals surface area contributed by atoms with Crippen LogP contribution in [0.3, 0.4) is 0 Å². The number of rotatable bonds is 9. The highest BCUT2D eigenvalue weighted by Crippen LogP contribution is 2.37. The van der Waals surface area contributed by atoms with E-state index in [1.165, 1.54) is 0 Å². The van der Waals surface area contributed by atoms with Crippen LogP contribution in [-0.2, 0) is 18.3 Å². The second-order valence-corrected chi connectivity index (χ2v) is 22.1. The van der Waals surface area contributed by atoms with Crippen molar-refractivity contribution in [1.82, 2.24) is 0 Å². The van der Waals surface area contributed by atoms with Crippen molar-refractivity contribution in [3.05, 3.63) is 24.3 Å². The van der Waals surface area contributed by atoms with Crippen LogP contribution in [0, 0.1) is 0 Å². The summed E-state index contributed by atoms with van der Waals surface area (Å²) in [4.78, 5) is 11.4. The minimum Gasteiger partial charge on any atom is -0.430 e. The van der Waals surface area contributed by atoms with E-state index < -0.39 is 28.4 Å². The van der Waals surface area contributed by atoms with Crippen molar-refractivity contribution in [2.24, 2.45) is 0 Å².